The minimum Gasteiger partial charge on any atom is -0.506 e. The van der Waals surface area contributed by atoms with Gasteiger partial charge in [-0.3, -0.25) is 0 Å². The summed E-state index contributed by atoms with van der Waals surface area (Å²) < 4.78 is 0. The van der Waals surface area contributed by atoms with E-state index < -0.39 is 0 Å². The zero-order valence-electron chi connectivity index (χ0n) is 17.5. The van der Waals surface area contributed by atoms with Gasteiger partial charge in [-0.25, -0.2) is 15.0 Å². The number of aromatic nitrogens is 8. The van der Waals surface area contributed by atoms with Crippen molar-refractivity contribution in [2.75, 3.05) is 24.5 Å². The van der Waals surface area contributed by atoms with Crippen molar-refractivity contribution in [2.24, 2.45) is 13.0 Å². The smallest absolute Gasteiger partial charge is 0.245 e. The Hall–Kier alpha value is -3.73. The number of hydrogen-bond acceptors (Lipinski definition) is 10. The Morgan fingerprint density at radius 3 is 2.62 bits per heavy atom. The molecule has 1 aliphatic carbocycles. The maximum Gasteiger partial charge on any atom is 0.245 e. The lowest BCUT2D eigenvalue weighted by molar-refractivity contribution is 0.414. The van der Waals surface area contributed by atoms with Gasteiger partial charge in [-0.05, 0) is 30.9 Å². The van der Waals surface area contributed by atoms with Crippen LogP contribution in [-0.4, -0.2) is 70.9 Å². The molecule has 1 aliphatic heterocycles. The molecule has 5 heterocycles. The first-order chi connectivity index (χ1) is 15.6. The number of pyridine rings is 2. The Morgan fingerprint density at radius 2 is 1.84 bits per heavy atom. The second-order valence-corrected chi connectivity index (χ2v) is 8.34. The van der Waals surface area contributed by atoms with Crippen LogP contribution in [0.25, 0.3) is 33.7 Å². The molecule has 2 fully saturated rings. The van der Waals surface area contributed by atoms with Gasteiger partial charge in [-0.2, -0.15) is 9.90 Å². The molecule has 2 N–H and O–H groups in total. The molecule has 1 saturated heterocycles. The lowest BCUT2D eigenvalue weighted by atomic mass is 10.1. The van der Waals surface area contributed by atoms with E-state index in [9.17, 15) is 5.11 Å². The molecule has 0 amide bonds. The Morgan fingerprint density at radius 1 is 1.00 bits per heavy atom. The minimum absolute atomic E-state index is 0.00145. The number of aromatic hydroxyl groups is 1. The van der Waals surface area contributed by atoms with Gasteiger partial charge in [-0.15, -0.1) is 15.3 Å². The van der Waals surface area contributed by atoms with E-state index in [0.717, 1.165) is 36.7 Å². The van der Waals surface area contributed by atoms with Gasteiger partial charge in [0.2, 0.25) is 11.6 Å². The first kappa shape index (κ1) is 19.0. The van der Waals surface area contributed by atoms with Gasteiger partial charge in [0, 0.05) is 56.2 Å². The fourth-order valence-electron chi connectivity index (χ4n) is 4.17. The summed E-state index contributed by atoms with van der Waals surface area (Å²) in [4.78, 5) is 16.9. The van der Waals surface area contributed by atoms with E-state index in [1.54, 1.807) is 31.7 Å². The summed E-state index contributed by atoms with van der Waals surface area (Å²) in [6.45, 7) is 2.67. The van der Waals surface area contributed by atoms with E-state index in [0.29, 0.717) is 34.5 Å². The van der Waals surface area contributed by atoms with Crippen LogP contribution in [0.2, 0.25) is 0 Å². The van der Waals surface area contributed by atoms with Crippen LogP contribution >= 0.6 is 0 Å². The fraction of sp³-hybridized carbons (Fsp3) is 0.381. The predicted molar refractivity (Wildman–Crippen MR) is 117 cm³/mol. The van der Waals surface area contributed by atoms with E-state index in [-0.39, 0.29) is 5.75 Å². The van der Waals surface area contributed by atoms with Gasteiger partial charge in [0.15, 0.2) is 0 Å². The number of piperazine rings is 1. The number of hydrogen-bond donors (Lipinski definition) is 2. The van der Waals surface area contributed by atoms with Crippen LogP contribution in [0.1, 0.15) is 12.8 Å². The van der Waals surface area contributed by atoms with Crippen molar-refractivity contribution in [2.45, 2.75) is 18.9 Å². The highest BCUT2D eigenvalue weighted by molar-refractivity contribution is 5.78. The lowest BCUT2D eigenvalue weighted by Crippen LogP contribution is -2.52. The topological polar surface area (TPSA) is 131 Å². The number of rotatable bonds is 4. The first-order valence-corrected chi connectivity index (χ1v) is 10.7. The Kier molecular flexibility index (Phi) is 4.42. The van der Waals surface area contributed by atoms with E-state index in [2.05, 4.69) is 45.6 Å². The molecular weight excluding hydrogens is 408 g/mol. The van der Waals surface area contributed by atoms with Crippen LogP contribution < -0.4 is 10.2 Å². The first-order valence-electron chi connectivity index (χ1n) is 10.7. The largest absolute Gasteiger partial charge is 0.506 e. The molecule has 11 heteroatoms. The number of nitrogens with zero attached hydrogens (tertiary/aromatic N) is 9. The molecule has 0 aromatic carbocycles. The van der Waals surface area contributed by atoms with Crippen molar-refractivity contribution in [3.63, 3.8) is 0 Å². The number of aryl methyl sites for hydroxylation is 1. The third-order valence-electron chi connectivity index (χ3n) is 6.01. The van der Waals surface area contributed by atoms with Crippen LogP contribution in [0.15, 0.2) is 30.7 Å². The normalized spacial score (nSPS) is 18.9. The van der Waals surface area contributed by atoms with Gasteiger partial charge in [0.05, 0.1) is 6.20 Å². The quantitative estimate of drug-likeness (QED) is 0.486. The van der Waals surface area contributed by atoms with Crippen molar-refractivity contribution in [1.82, 2.24) is 45.5 Å². The highest BCUT2D eigenvalue weighted by Gasteiger charge is 2.34. The van der Waals surface area contributed by atoms with Crippen molar-refractivity contribution in [3.8, 4) is 28.3 Å². The highest BCUT2D eigenvalue weighted by Crippen LogP contribution is 2.34. The summed E-state index contributed by atoms with van der Waals surface area (Å²) in [5.74, 6) is 1.39. The molecule has 4 aromatic heterocycles. The SMILES string of the molecule is Cn1nc2cc(-c3cnc(-c4cnc(N5CCN[C@@H](C6CC6)C5)nn4)c(O)c3)cnc2n1. The van der Waals surface area contributed by atoms with Crippen LogP contribution in [-0.2, 0) is 7.05 Å². The molecule has 1 saturated carbocycles. The fourth-order valence-corrected chi connectivity index (χ4v) is 4.17. The molecule has 0 spiro atoms. The average molecular weight is 430 g/mol. The molecule has 32 heavy (non-hydrogen) atoms. The Bertz CT molecular complexity index is 1280. The lowest BCUT2D eigenvalue weighted by Gasteiger charge is -2.33. The summed E-state index contributed by atoms with van der Waals surface area (Å²) in [6.07, 6.45) is 7.57. The van der Waals surface area contributed by atoms with E-state index in [1.807, 2.05) is 6.07 Å². The van der Waals surface area contributed by atoms with E-state index in [4.69, 9.17) is 0 Å². The Labute approximate surface area is 183 Å². The van der Waals surface area contributed by atoms with E-state index >= 15 is 0 Å². The summed E-state index contributed by atoms with van der Waals surface area (Å²) in [5.41, 5.74) is 3.52. The maximum atomic E-state index is 10.6. The maximum absolute atomic E-state index is 10.6. The number of anilines is 1. The zero-order chi connectivity index (χ0) is 21.7. The molecule has 11 nitrogen and oxygen atoms in total. The van der Waals surface area contributed by atoms with Gasteiger partial charge in [-0.1, -0.05) is 0 Å². The van der Waals surface area contributed by atoms with Crippen molar-refractivity contribution in [3.05, 3.63) is 30.7 Å². The third-order valence-corrected chi connectivity index (χ3v) is 6.01. The molecule has 0 radical (unpaired) electrons. The zero-order valence-corrected chi connectivity index (χ0v) is 17.5. The van der Waals surface area contributed by atoms with Gasteiger partial charge >= 0.3 is 0 Å². The standard InChI is InChI=1S/C21H22N10O/c1-30-28-15-6-13(9-24-20(15)29-30)14-7-18(32)19(23-8-14)16-10-25-21(27-26-16)31-5-4-22-17(11-31)12-2-3-12/h6-10,12,17,22,32H,2-5,11H2,1H3/t17-/m1/s1. The van der Waals surface area contributed by atoms with Gasteiger partial charge in [0.1, 0.15) is 22.7 Å². The van der Waals surface area contributed by atoms with Crippen LogP contribution in [0.5, 0.6) is 5.75 Å². The molecular formula is C21H22N10O. The van der Waals surface area contributed by atoms with E-state index in [1.165, 1.54) is 17.6 Å². The van der Waals surface area contributed by atoms with Crippen LogP contribution in [0, 0.1) is 5.92 Å². The van der Waals surface area contributed by atoms with Crippen LogP contribution in [0.3, 0.4) is 0 Å². The molecule has 0 bridgehead atoms. The summed E-state index contributed by atoms with van der Waals surface area (Å²) in [5, 5.41) is 31.2. The second-order valence-electron chi connectivity index (χ2n) is 8.34. The molecule has 6 rings (SSSR count). The minimum atomic E-state index is 0.00145. The van der Waals surface area contributed by atoms with Gasteiger partial charge < -0.3 is 15.3 Å². The molecule has 2 aliphatic rings. The number of fused-ring (bicyclic) bond motifs is 1. The summed E-state index contributed by atoms with van der Waals surface area (Å²) in [7, 11) is 1.75. The predicted octanol–water partition coefficient (Wildman–Crippen LogP) is 1.17. The van der Waals surface area contributed by atoms with Crippen molar-refractivity contribution < 1.29 is 5.11 Å². The molecule has 4 aromatic rings. The molecule has 1 atom stereocenters. The molecule has 0 unspecified atom stereocenters. The highest BCUT2D eigenvalue weighted by atomic mass is 16.3. The molecule has 162 valence electrons. The number of nitrogens with one attached hydrogen (secondary N) is 1. The van der Waals surface area contributed by atoms with Crippen LogP contribution in [0.4, 0.5) is 5.95 Å². The van der Waals surface area contributed by atoms with Gasteiger partial charge in [0.25, 0.3) is 0 Å². The third kappa shape index (κ3) is 3.50. The Balaban J connectivity index is 1.23. The van der Waals surface area contributed by atoms with Crippen molar-refractivity contribution in [1.29, 1.82) is 0 Å². The second kappa shape index (κ2) is 7.45. The summed E-state index contributed by atoms with van der Waals surface area (Å²) >= 11 is 0. The van der Waals surface area contributed by atoms with Crippen molar-refractivity contribution >= 4 is 17.1 Å². The average Bonchev–Trinajstić information content (AvgIpc) is 3.60. The monoisotopic (exact) mass is 430 g/mol. The summed E-state index contributed by atoms with van der Waals surface area (Å²) in [6, 6.07) is 4.00.